The normalized spacial score (nSPS) is 11.8. The van der Waals surface area contributed by atoms with Gasteiger partial charge in [-0.1, -0.05) is 41.9 Å². The average Bonchev–Trinajstić information content (AvgIpc) is 2.42. The Bertz CT molecular complexity index is 704. The monoisotopic (exact) mass is 313 g/mol. The summed E-state index contributed by atoms with van der Waals surface area (Å²) >= 11 is 5.63. The van der Waals surface area contributed by atoms with Crippen molar-refractivity contribution >= 4 is 21.6 Å². The van der Waals surface area contributed by atoms with E-state index in [1.165, 1.54) is 17.4 Å². The second-order valence-electron chi connectivity index (χ2n) is 4.32. The van der Waals surface area contributed by atoms with Crippen molar-refractivity contribution in [3.8, 4) is 0 Å². The Morgan fingerprint density at radius 1 is 1.15 bits per heavy atom. The lowest BCUT2D eigenvalue weighted by atomic mass is 10.2. The fraction of sp³-hybridized carbons (Fsp3) is 0.143. The van der Waals surface area contributed by atoms with Gasteiger partial charge in [-0.25, -0.2) is 12.8 Å². The first kappa shape index (κ1) is 15.0. The molecule has 0 amide bonds. The minimum absolute atomic E-state index is 0.0256. The molecule has 0 heterocycles. The smallest absolute Gasteiger partial charge is 0.207 e. The first-order chi connectivity index (χ1) is 9.41. The molecule has 0 unspecified atom stereocenters. The fourth-order valence-corrected chi connectivity index (χ4v) is 3.17. The Hall–Kier alpha value is -1.43. The molecule has 0 aliphatic carbocycles. The summed E-state index contributed by atoms with van der Waals surface area (Å²) in [6.45, 7) is 0.234. The second kappa shape index (κ2) is 5.91. The van der Waals surface area contributed by atoms with Crippen LogP contribution in [0.15, 0.2) is 53.4 Å². The summed E-state index contributed by atoms with van der Waals surface area (Å²) < 4.78 is 39.0. The summed E-state index contributed by atoms with van der Waals surface area (Å²) in [6, 6.07) is 12.6. The molecule has 2 aromatic rings. The first-order valence-corrected chi connectivity index (χ1v) is 7.68. The molecule has 20 heavy (non-hydrogen) atoms. The summed E-state index contributed by atoms with van der Waals surface area (Å²) in [6.07, 6.45) is 0. The molecule has 0 atom stereocenters. The van der Waals surface area contributed by atoms with Gasteiger partial charge < -0.3 is 0 Å². The third-order valence-electron chi connectivity index (χ3n) is 2.85. The topological polar surface area (TPSA) is 37.4 Å². The number of hydrogen-bond acceptors (Lipinski definition) is 2. The van der Waals surface area contributed by atoms with E-state index in [9.17, 15) is 12.8 Å². The summed E-state index contributed by atoms with van der Waals surface area (Å²) in [5.74, 6) is -0.642. The van der Waals surface area contributed by atoms with Gasteiger partial charge in [-0.3, -0.25) is 0 Å². The highest BCUT2D eigenvalue weighted by Crippen LogP contribution is 2.22. The van der Waals surface area contributed by atoms with E-state index in [2.05, 4.69) is 0 Å². The van der Waals surface area contributed by atoms with E-state index in [4.69, 9.17) is 11.6 Å². The fourth-order valence-electron chi connectivity index (χ4n) is 1.74. The Labute approximate surface area is 122 Å². The van der Waals surface area contributed by atoms with Crippen molar-refractivity contribution in [3.63, 3.8) is 0 Å². The van der Waals surface area contributed by atoms with Crippen molar-refractivity contribution < 1.29 is 12.8 Å². The molecular weight excluding hydrogens is 301 g/mol. The third-order valence-corrected chi connectivity index (χ3v) is 4.94. The Kier molecular flexibility index (Phi) is 4.42. The van der Waals surface area contributed by atoms with Crippen LogP contribution < -0.4 is 0 Å². The maximum absolute atomic E-state index is 13.1. The van der Waals surface area contributed by atoms with Crippen LogP contribution in [-0.2, 0) is 16.6 Å². The lowest BCUT2D eigenvalue weighted by molar-refractivity contribution is 0.466. The van der Waals surface area contributed by atoms with Gasteiger partial charge in [0.25, 0.3) is 0 Å². The van der Waals surface area contributed by atoms with Gasteiger partial charge in [-0.15, -0.1) is 0 Å². The van der Waals surface area contributed by atoms with Crippen LogP contribution in [0, 0.1) is 5.82 Å². The van der Waals surface area contributed by atoms with Crippen LogP contribution in [0.3, 0.4) is 0 Å². The zero-order valence-electron chi connectivity index (χ0n) is 10.8. The molecule has 2 aromatic carbocycles. The SMILES string of the molecule is CN(Cc1ccccc1)S(=O)(=O)c1ccc(F)c(Cl)c1. The van der Waals surface area contributed by atoms with Gasteiger partial charge in [0.1, 0.15) is 5.82 Å². The van der Waals surface area contributed by atoms with E-state index in [0.717, 1.165) is 17.7 Å². The van der Waals surface area contributed by atoms with Crippen molar-refractivity contribution in [2.45, 2.75) is 11.4 Å². The van der Waals surface area contributed by atoms with E-state index in [0.29, 0.717) is 0 Å². The van der Waals surface area contributed by atoms with Gasteiger partial charge in [0.05, 0.1) is 9.92 Å². The van der Waals surface area contributed by atoms with Crippen LogP contribution in [0.4, 0.5) is 4.39 Å². The molecule has 0 spiro atoms. The van der Waals surface area contributed by atoms with E-state index in [1.807, 2.05) is 30.3 Å². The van der Waals surface area contributed by atoms with Crippen molar-refractivity contribution in [1.29, 1.82) is 0 Å². The van der Waals surface area contributed by atoms with Crippen molar-refractivity contribution in [2.75, 3.05) is 7.05 Å². The number of halogens is 2. The summed E-state index contributed by atoms with van der Waals surface area (Å²) in [4.78, 5) is -0.0256. The van der Waals surface area contributed by atoms with Crippen molar-refractivity contribution in [3.05, 3.63) is 64.9 Å². The molecule has 6 heteroatoms. The summed E-state index contributed by atoms with van der Waals surface area (Å²) in [5, 5.41) is -0.209. The van der Waals surface area contributed by atoms with E-state index < -0.39 is 15.8 Å². The number of rotatable bonds is 4. The zero-order valence-corrected chi connectivity index (χ0v) is 12.3. The maximum Gasteiger partial charge on any atom is 0.243 e. The van der Waals surface area contributed by atoms with Gasteiger partial charge >= 0.3 is 0 Å². The van der Waals surface area contributed by atoms with Gasteiger partial charge in [0, 0.05) is 13.6 Å². The van der Waals surface area contributed by atoms with Gasteiger partial charge in [0.2, 0.25) is 10.0 Å². The molecule has 0 N–H and O–H groups in total. The second-order valence-corrected chi connectivity index (χ2v) is 6.77. The summed E-state index contributed by atoms with van der Waals surface area (Å²) in [5.41, 5.74) is 0.867. The predicted octanol–water partition coefficient (Wildman–Crippen LogP) is 3.30. The predicted molar refractivity (Wildman–Crippen MR) is 76.5 cm³/mol. The minimum Gasteiger partial charge on any atom is -0.207 e. The number of nitrogens with zero attached hydrogens (tertiary/aromatic N) is 1. The standard InChI is InChI=1S/C14H13ClFNO2S/c1-17(10-11-5-3-2-4-6-11)20(18,19)12-7-8-14(16)13(15)9-12/h2-9H,10H2,1H3. The number of sulfonamides is 1. The van der Waals surface area contributed by atoms with Gasteiger partial charge in [0.15, 0.2) is 0 Å². The highest BCUT2D eigenvalue weighted by atomic mass is 35.5. The first-order valence-electron chi connectivity index (χ1n) is 5.86. The highest BCUT2D eigenvalue weighted by molar-refractivity contribution is 7.89. The largest absolute Gasteiger partial charge is 0.243 e. The molecule has 0 aliphatic rings. The molecule has 0 aliphatic heterocycles. The van der Waals surface area contributed by atoms with Crippen molar-refractivity contribution in [2.24, 2.45) is 0 Å². The van der Waals surface area contributed by atoms with Crippen LogP contribution in [0.1, 0.15) is 5.56 Å². The van der Waals surface area contributed by atoms with Crippen LogP contribution >= 0.6 is 11.6 Å². The Morgan fingerprint density at radius 2 is 1.80 bits per heavy atom. The number of hydrogen-bond donors (Lipinski definition) is 0. The van der Waals surface area contributed by atoms with Gasteiger partial charge in [-0.2, -0.15) is 4.31 Å². The molecule has 0 radical (unpaired) electrons. The average molecular weight is 314 g/mol. The lowest BCUT2D eigenvalue weighted by Gasteiger charge is -2.17. The molecule has 0 aromatic heterocycles. The van der Waals surface area contributed by atoms with Crippen LogP contribution in [0.2, 0.25) is 5.02 Å². The molecule has 0 bridgehead atoms. The summed E-state index contributed by atoms with van der Waals surface area (Å²) in [7, 11) is -2.22. The lowest BCUT2D eigenvalue weighted by Crippen LogP contribution is -2.26. The molecule has 0 saturated carbocycles. The molecule has 2 rings (SSSR count). The van der Waals surface area contributed by atoms with Crippen LogP contribution in [0.25, 0.3) is 0 Å². The van der Waals surface area contributed by atoms with Crippen LogP contribution in [0.5, 0.6) is 0 Å². The minimum atomic E-state index is -3.69. The zero-order chi connectivity index (χ0) is 14.8. The van der Waals surface area contributed by atoms with Crippen molar-refractivity contribution in [1.82, 2.24) is 4.31 Å². The van der Waals surface area contributed by atoms with E-state index >= 15 is 0 Å². The molecular formula is C14H13ClFNO2S. The molecule has 3 nitrogen and oxygen atoms in total. The molecule has 0 fully saturated rings. The molecule has 106 valence electrons. The quantitative estimate of drug-likeness (QED) is 0.868. The Balaban J connectivity index is 2.27. The third kappa shape index (κ3) is 3.17. The maximum atomic E-state index is 13.1. The Morgan fingerprint density at radius 3 is 2.40 bits per heavy atom. The highest BCUT2D eigenvalue weighted by Gasteiger charge is 2.21. The van der Waals surface area contributed by atoms with Gasteiger partial charge in [-0.05, 0) is 23.8 Å². The molecule has 0 saturated heterocycles. The van der Waals surface area contributed by atoms with Crippen LogP contribution in [-0.4, -0.2) is 19.8 Å². The number of benzene rings is 2. The van der Waals surface area contributed by atoms with E-state index in [1.54, 1.807) is 0 Å². The van der Waals surface area contributed by atoms with E-state index in [-0.39, 0.29) is 16.5 Å².